The van der Waals surface area contributed by atoms with Crippen LogP contribution in [0.1, 0.15) is 18.4 Å². The largest absolute Gasteiger partial charge is 0.464 e. The van der Waals surface area contributed by atoms with E-state index < -0.39 is 0 Å². The molecule has 1 aliphatic rings. The van der Waals surface area contributed by atoms with Gasteiger partial charge in [0.2, 0.25) is 0 Å². The SMILES string of the molecule is O=C(OCCNCc1ccc(F)cc1)C1CC1. The van der Waals surface area contributed by atoms with Gasteiger partial charge in [0.05, 0.1) is 5.92 Å². The molecule has 1 aliphatic carbocycles. The number of rotatable bonds is 6. The number of carbonyl (C=O) groups is 1. The van der Waals surface area contributed by atoms with E-state index in [0.717, 1.165) is 18.4 Å². The summed E-state index contributed by atoms with van der Waals surface area (Å²) in [6, 6.07) is 6.34. The van der Waals surface area contributed by atoms with E-state index in [-0.39, 0.29) is 17.7 Å². The predicted molar refractivity (Wildman–Crippen MR) is 61.8 cm³/mol. The highest BCUT2D eigenvalue weighted by molar-refractivity contribution is 5.74. The molecule has 1 aromatic rings. The molecule has 1 aromatic carbocycles. The van der Waals surface area contributed by atoms with Crippen molar-refractivity contribution in [2.75, 3.05) is 13.2 Å². The highest BCUT2D eigenvalue weighted by atomic mass is 19.1. The van der Waals surface area contributed by atoms with Crippen LogP contribution in [0.5, 0.6) is 0 Å². The predicted octanol–water partition coefficient (Wildman–Crippen LogP) is 1.87. The lowest BCUT2D eigenvalue weighted by Crippen LogP contribution is -2.21. The Morgan fingerprint density at radius 1 is 1.35 bits per heavy atom. The average Bonchev–Trinajstić information content (AvgIpc) is 3.15. The Bertz CT molecular complexity index is 374. The second kappa shape index (κ2) is 5.77. The summed E-state index contributed by atoms with van der Waals surface area (Å²) in [5.41, 5.74) is 1.01. The molecule has 0 amide bonds. The van der Waals surface area contributed by atoms with Gasteiger partial charge in [-0.2, -0.15) is 0 Å². The first-order valence-corrected chi connectivity index (χ1v) is 5.87. The maximum absolute atomic E-state index is 12.6. The number of benzene rings is 1. The van der Waals surface area contributed by atoms with Crippen LogP contribution in [0.3, 0.4) is 0 Å². The zero-order valence-corrected chi connectivity index (χ0v) is 9.62. The molecule has 0 bridgehead atoms. The van der Waals surface area contributed by atoms with Crippen molar-refractivity contribution in [3.8, 4) is 0 Å². The first-order chi connectivity index (χ1) is 8.25. The number of hydrogen-bond acceptors (Lipinski definition) is 3. The molecule has 1 saturated carbocycles. The fraction of sp³-hybridized carbons (Fsp3) is 0.462. The normalized spacial score (nSPS) is 14.6. The zero-order chi connectivity index (χ0) is 12.1. The summed E-state index contributed by atoms with van der Waals surface area (Å²) >= 11 is 0. The van der Waals surface area contributed by atoms with Crippen LogP contribution in [0.2, 0.25) is 0 Å². The minimum Gasteiger partial charge on any atom is -0.464 e. The van der Waals surface area contributed by atoms with Gasteiger partial charge in [-0.25, -0.2) is 4.39 Å². The van der Waals surface area contributed by atoms with E-state index in [1.165, 1.54) is 12.1 Å². The summed E-state index contributed by atoms with van der Waals surface area (Å²) in [5, 5.41) is 3.14. The van der Waals surface area contributed by atoms with Gasteiger partial charge >= 0.3 is 5.97 Å². The Kier molecular flexibility index (Phi) is 4.09. The van der Waals surface area contributed by atoms with E-state index in [2.05, 4.69) is 5.32 Å². The molecule has 3 nitrogen and oxygen atoms in total. The molecule has 0 aliphatic heterocycles. The molecule has 92 valence electrons. The van der Waals surface area contributed by atoms with Crippen molar-refractivity contribution in [2.24, 2.45) is 5.92 Å². The number of nitrogens with one attached hydrogen (secondary N) is 1. The van der Waals surface area contributed by atoms with Crippen molar-refractivity contribution in [1.82, 2.24) is 5.32 Å². The third kappa shape index (κ3) is 4.15. The third-order valence-corrected chi connectivity index (χ3v) is 2.68. The van der Waals surface area contributed by atoms with E-state index in [9.17, 15) is 9.18 Å². The quantitative estimate of drug-likeness (QED) is 0.606. The van der Waals surface area contributed by atoms with Crippen LogP contribution in [0.15, 0.2) is 24.3 Å². The molecule has 1 fully saturated rings. The van der Waals surface area contributed by atoms with Gasteiger partial charge in [-0.05, 0) is 30.5 Å². The van der Waals surface area contributed by atoms with Crippen LogP contribution in [0.25, 0.3) is 0 Å². The maximum atomic E-state index is 12.6. The van der Waals surface area contributed by atoms with Crippen LogP contribution < -0.4 is 5.32 Å². The Labute approximate surface area is 100.0 Å². The molecule has 2 rings (SSSR count). The topological polar surface area (TPSA) is 38.3 Å². The first-order valence-electron chi connectivity index (χ1n) is 5.87. The number of esters is 1. The van der Waals surface area contributed by atoms with Gasteiger partial charge in [0.15, 0.2) is 0 Å². The van der Waals surface area contributed by atoms with Crippen molar-refractivity contribution in [1.29, 1.82) is 0 Å². The zero-order valence-electron chi connectivity index (χ0n) is 9.62. The standard InChI is InChI=1S/C13H16FNO2/c14-12-5-1-10(2-6-12)9-15-7-8-17-13(16)11-3-4-11/h1-2,5-6,11,15H,3-4,7-9H2. The Morgan fingerprint density at radius 3 is 2.71 bits per heavy atom. The Hall–Kier alpha value is -1.42. The van der Waals surface area contributed by atoms with Crippen LogP contribution in [0, 0.1) is 11.7 Å². The minimum absolute atomic E-state index is 0.0754. The molecule has 0 spiro atoms. The van der Waals surface area contributed by atoms with Crippen LogP contribution >= 0.6 is 0 Å². The smallest absolute Gasteiger partial charge is 0.308 e. The fourth-order valence-electron chi connectivity index (χ4n) is 1.50. The molecular formula is C13H16FNO2. The molecule has 1 N–H and O–H groups in total. The van der Waals surface area contributed by atoms with Gasteiger partial charge in [-0.1, -0.05) is 12.1 Å². The molecule has 0 saturated heterocycles. The highest BCUT2D eigenvalue weighted by Crippen LogP contribution is 2.29. The van der Waals surface area contributed by atoms with Gasteiger partial charge in [0.25, 0.3) is 0 Å². The number of halogens is 1. The van der Waals surface area contributed by atoms with E-state index in [0.29, 0.717) is 19.7 Å². The fourth-order valence-corrected chi connectivity index (χ4v) is 1.50. The Balaban J connectivity index is 1.56. The Morgan fingerprint density at radius 2 is 2.06 bits per heavy atom. The summed E-state index contributed by atoms with van der Waals surface area (Å²) in [5.74, 6) is -0.146. The first kappa shape index (κ1) is 12.0. The monoisotopic (exact) mass is 237 g/mol. The minimum atomic E-state index is -0.230. The molecule has 0 aromatic heterocycles. The van der Waals surface area contributed by atoms with Crippen molar-refractivity contribution < 1.29 is 13.9 Å². The molecule has 0 unspecified atom stereocenters. The summed E-state index contributed by atoms with van der Waals surface area (Å²) < 4.78 is 17.7. The van der Waals surface area contributed by atoms with Crippen molar-refractivity contribution >= 4 is 5.97 Å². The lowest BCUT2D eigenvalue weighted by molar-refractivity contribution is -0.145. The number of hydrogen-bond donors (Lipinski definition) is 1. The molecule has 4 heteroatoms. The second-order valence-electron chi connectivity index (χ2n) is 4.25. The number of ether oxygens (including phenoxy) is 1. The summed E-state index contributed by atoms with van der Waals surface area (Å²) in [6.45, 7) is 1.67. The van der Waals surface area contributed by atoms with Gasteiger partial charge < -0.3 is 10.1 Å². The molecule has 0 heterocycles. The van der Waals surface area contributed by atoms with Gasteiger partial charge in [-0.3, -0.25) is 4.79 Å². The third-order valence-electron chi connectivity index (χ3n) is 2.68. The lowest BCUT2D eigenvalue weighted by atomic mass is 10.2. The average molecular weight is 237 g/mol. The number of carbonyl (C=O) groups excluding carboxylic acids is 1. The van der Waals surface area contributed by atoms with Crippen molar-refractivity contribution in [2.45, 2.75) is 19.4 Å². The lowest BCUT2D eigenvalue weighted by Gasteiger charge is -2.06. The van der Waals surface area contributed by atoms with E-state index in [1.54, 1.807) is 12.1 Å². The summed E-state index contributed by atoms with van der Waals surface area (Å²) in [4.78, 5) is 11.2. The molecule has 0 radical (unpaired) electrons. The van der Waals surface area contributed by atoms with Gasteiger partial charge in [-0.15, -0.1) is 0 Å². The second-order valence-corrected chi connectivity index (χ2v) is 4.25. The van der Waals surface area contributed by atoms with Crippen molar-refractivity contribution in [3.05, 3.63) is 35.6 Å². The van der Waals surface area contributed by atoms with Crippen molar-refractivity contribution in [3.63, 3.8) is 0 Å². The van der Waals surface area contributed by atoms with E-state index in [4.69, 9.17) is 4.74 Å². The van der Waals surface area contributed by atoms with Gasteiger partial charge in [0.1, 0.15) is 12.4 Å². The molecule has 17 heavy (non-hydrogen) atoms. The van der Waals surface area contributed by atoms with Gasteiger partial charge in [0, 0.05) is 13.1 Å². The summed E-state index contributed by atoms with van der Waals surface area (Å²) in [7, 11) is 0. The van der Waals surface area contributed by atoms with E-state index in [1.807, 2.05) is 0 Å². The maximum Gasteiger partial charge on any atom is 0.308 e. The summed E-state index contributed by atoms with van der Waals surface area (Å²) in [6.07, 6.45) is 1.95. The highest BCUT2D eigenvalue weighted by Gasteiger charge is 2.30. The van der Waals surface area contributed by atoms with Crippen LogP contribution in [-0.2, 0) is 16.1 Å². The van der Waals surface area contributed by atoms with Crippen LogP contribution in [-0.4, -0.2) is 19.1 Å². The van der Waals surface area contributed by atoms with E-state index >= 15 is 0 Å². The van der Waals surface area contributed by atoms with Crippen LogP contribution in [0.4, 0.5) is 4.39 Å². The molecule has 0 atom stereocenters. The molecular weight excluding hydrogens is 221 g/mol.